The third-order valence-corrected chi connectivity index (χ3v) is 4.11. The first kappa shape index (κ1) is 19.1. The lowest BCUT2D eigenvalue weighted by atomic mass is 10.3. The highest BCUT2D eigenvalue weighted by atomic mass is 79.9. The molecule has 134 valence electrons. The maximum atomic E-state index is 12.1. The Morgan fingerprint density at radius 2 is 1.68 bits per heavy atom. The van der Waals surface area contributed by atoms with Crippen molar-refractivity contribution in [2.24, 2.45) is 0 Å². The van der Waals surface area contributed by atoms with Crippen LogP contribution in [0.15, 0.2) is 53.0 Å². The predicted octanol–water partition coefficient (Wildman–Crippen LogP) is 3.76. The van der Waals surface area contributed by atoms with Crippen LogP contribution in [0.2, 0.25) is 0 Å². The Bertz CT molecular complexity index is 675. The van der Waals surface area contributed by atoms with E-state index < -0.39 is 0 Å². The third-order valence-electron chi connectivity index (χ3n) is 3.58. The van der Waals surface area contributed by atoms with Crippen LogP contribution in [-0.4, -0.2) is 44.7 Å². The zero-order chi connectivity index (χ0) is 18.1. The summed E-state index contributed by atoms with van der Waals surface area (Å²) in [4.78, 5) is 13.8. The van der Waals surface area contributed by atoms with Gasteiger partial charge in [-0.05, 0) is 36.4 Å². The summed E-state index contributed by atoms with van der Waals surface area (Å²) in [5.41, 5.74) is 0. The number of nitrogens with zero attached hydrogens (tertiary/aromatic N) is 1. The quantitative estimate of drug-likeness (QED) is 0.634. The van der Waals surface area contributed by atoms with E-state index in [4.69, 9.17) is 14.2 Å². The fraction of sp³-hybridized carbons (Fsp3) is 0.316. The molecule has 0 bridgehead atoms. The molecule has 2 aromatic rings. The number of methoxy groups -OCH3 is 1. The van der Waals surface area contributed by atoms with Crippen molar-refractivity contribution in [3.8, 4) is 17.2 Å². The van der Waals surface area contributed by atoms with E-state index in [1.807, 2.05) is 48.5 Å². The minimum Gasteiger partial charge on any atom is -0.493 e. The molecule has 0 saturated carbocycles. The monoisotopic (exact) mass is 407 g/mol. The second-order valence-electron chi connectivity index (χ2n) is 5.37. The first-order valence-electron chi connectivity index (χ1n) is 7.98. The Kier molecular flexibility index (Phi) is 7.60. The van der Waals surface area contributed by atoms with Gasteiger partial charge in [-0.3, -0.25) is 4.79 Å². The molecule has 2 aromatic carbocycles. The largest absolute Gasteiger partial charge is 0.493 e. The second-order valence-corrected chi connectivity index (χ2v) is 6.28. The summed E-state index contributed by atoms with van der Waals surface area (Å²) < 4.78 is 17.5. The first-order chi connectivity index (χ1) is 12.1. The lowest BCUT2D eigenvalue weighted by Gasteiger charge is -2.18. The van der Waals surface area contributed by atoms with Crippen molar-refractivity contribution in [1.29, 1.82) is 0 Å². The molecule has 0 heterocycles. The number of ether oxygens (including phenoxy) is 3. The topological polar surface area (TPSA) is 48.0 Å². The maximum Gasteiger partial charge on any atom is 0.225 e. The Hall–Kier alpha value is -2.21. The van der Waals surface area contributed by atoms with Gasteiger partial charge in [0.05, 0.1) is 26.7 Å². The lowest BCUT2D eigenvalue weighted by Crippen LogP contribution is -2.31. The van der Waals surface area contributed by atoms with Crippen LogP contribution in [0.4, 0.5) is 0 Å². The second kappa shape index (κ2) is 9.93. The molecule has 0 fully saturated rings. The van der Waals surface area contributed by atoms with Crippen molar-refractivity contribution in [1.82, 2.24) is 4.90 Å². The smallest absolute Gasteiger partial charge is 0.225 e. The number of amides is 1. The number of hydrogen-bond acceptors (Lipinski definition) is 4. The van der Waals surface area contributed by atoms with Crippen LogP contribution in [0.3, 0.4) is 0 Å². The van der Waals surface area contributed by atoms with E-state index in [1.165, 1.54) is 0 Å². The number of hydrogen-bond donors (Lipinski definition) is 0. The molecule has 0 saturated heterocycles. The van der Waals surface area contributed by atoms with E-state index in [-0.39, 0.29) is 5.91 Å². The fourth-order valence-corrected chi connectivity index (χ4v) is 2.40. The molecule has 5 nitrogen and oxygen atoms in total. The highest BCUT2D eigenvalue weighted by Gasteiger charge is 2.10. The number of likely N-dealkylation sites (N-methyl/N-ethyl adjacent to an activating group) is 1. The van der Waals surface area contributed by atoms with Crippen molar-refractivity contribution in [3.63, 3.8) is 0 Å². The number of halogens is 1. The van der Waals surface area contributed by atoms with Gasteiger partial charge in [0, 0.05) is 11.5 Å². The summed E-state index contributed by atoms with van der Waals surface area (Å²) in [6, 6.07) is 15.0. The van der Waals surface area contributed by atoms with Crippen LogP contribution in [0, 0.1) is 0 Å². The Balaban J connectivity index is 1.68. The molecule has 2 rings (SSSR count). The number of carbonyl (C=O) groups is 1. The van der Waals surface area contributed by atoms with Crippen LogP contribution >= 0.6 is 15.9 Å². The molecule has 0 aromatic heterocycles. The van der Waals surface area contributed by atoms with Crippen molar-refractivity contribution in [2.75, 3.05) is 33.9 Å². The van der Waals surface area contributed by atoms with Gasteiger partial charge in [0.1, 0.15) is 12.4 Å². The van der Waals surface area contributed by atoms with Gasteiger partial charge in [0.2, 0.25) is 5.91 Å². The van der Waals surface area contributed by atoms with Crippen molar-refractivity contribution in [2.45, 2.75) is 6.42 Å². The molecule has 0 aliphatic heterocycles. The zero-order valence-corrected chi connectivity index (χ0v) is 16.0. The van der Waals surface area contributed by atoms with Gasteiger partial charge >= 0.3 is 0 Å². The Labute approximate surface area is 156 Å². The number of benzene rings is 2. The van der Waals surface area contributed by atoms with Crippen LogP contribution in [0.5, 0.6) is 17.2 Å². The SMILES string of the molecule is COc1ccccc1OCCC(=O)N(C)CCOc1ccc(Br)cc1. The summed E-state index contributed by atoms with van der Waals surface area (Å²) in [7, 11) is 3.35. The molecule has 0 aliphatic carbocycles. The minimum atomic E-state index is 0.00861. The summed E-state index contributed by atoms with van der Waals surface area (Å²) in [6.45, 7) is 1.26. The summed E-state index contributed by atoms with van der Waals surface area (Å²) >= 11 is 3.38. The maximum absolute atomic E-state index is 12.1. The first-order valence-corrected chi connectivity index (χ1v) is 8.77. The summed E-state index contributed by atoms with van der Waals surface area (Å²) in [5.74, 6) is 2.09. The normalized spacial score (nSPS) is 10.2. The number of para-hydroxylation sites is 2. The van der Waals surface area contributed by atoms with Gasteiger partial charge in [0.15, 0.2) is 11.5 Å². The van der Waals surface area contributed by atoms with Crippen LogP contribution in [-0.2, 0) is 4.79 Å². The zero-order valence-electron chi connectivity index (χ0n) is 14.4. The molecular formula is C19H22BrNO4. The van der Waals surface area contributed by atoms with E-state index in [0.717, 1.165) is 10.2 Å². The highest BCUT2D eigenvalue weighted by molar-refractivity contribution is 9.10. The molecule has 1 amide bonds. The standard InChI is InChI=1S/C19H22BrNO4/c1-21(12-14-24-16-9-7-15(20)8-10-16)19(22)11-13-25-18-6-4-3-5-17(18)23-2/h3-10H,11-14H2,1-2H3. The van der Waals surface area contributed by atoms with Crippen molar-refractivity contribution < 1.29 is 19.0 Å². The molecule has 0 unspecified atom stereocenters. The fourth-order valence-electron chi connectivity index (χ4n) is 2.13. The van der Waals surface area contributed by atoms with E-state index in [2.05, 4.69) is 15.9 Å². The lowest BCUT2D eigenvalue weighted by molar-refractivity contribution is -0.130. The van der Waals surface area contributed by atoms with Crippen LogP contribution < -0.4 is 14.2 Å². The number of carbonyl (C=O) groups excluding carboxylic acids is 1. The van der Waals surface area contributed by atoms with E-state index in [0.29, 0.717) is 37.7 Å². The molecule has 0 atom stereocenters. The molecule has 0 radical (unpaired) electrons. The van der Waals surface area contributed by atoms with Gasteiger partial charge in [0.25, 0.3) is 0 Å². The Morgan fingerprint density at radius 1 is 1.00 bits per heavy atom. The van der Waals surface area contributed by atoms with E-state index in [1.54, 1.807) is 19.1 Å². The average molecular weight is 408 g/mol. The van der Waals surface area contributed by atoms with Gasteiger partial charge in [-0.2, -0.15) is 0 Å². The molecule has 0 aliphatic rings. The third kappa shape index (κ3) is 6.31. The summed E-state index contributed by atoms with van der Waals surface area (Å²) in [6.07, 6.45) is 0.298. The average Bonchev–Trinajstić information content (AvgIpc) is 2.63. The molecular weight excluding hydrogens is 386 g/mol. The van der Waals surface area contributed by atoms with Crippen molar-refractivity contribution >= 4 is 21.8 Å². The van der Waals surface area contributed by atoms with Gasteiger partial charge in [-0.25, -0.2) is 0 Å². The molecule has 0 spiro atoms. The van der Waals surface area contributed by atoms with E-state index >= 15 is 0 Å². The highest BCUT2D eigenvalue weighted by Crippen LogP contribution is 2.25. The number of rotatable bonds is 9. The molecule has 0 N–H and O–H groups in total. The predicted molar refractivity (Wildman–Crippen MR) is 100 cm³/mol. The molecule has 6 heteroatoms. The van der Waals surface area contributed by atoms with Gasteiger partial charge in [-0.1, -0.05) is 28.1 Å². The van der Waals surface area contributed by atoms with Gasteiger partial charge < -0.3 is 19.1 Å². The van der Waals surface area contributed by atoms with Crippen LogP contribution in [0.1, 0.15) is 6.42 Å². The van der Waals surface area contributed by atoms with Crippen molar-refractivity contribution in [3.05, 3.63) is 53.0 Å². The van der Waals surface area contributed by atoms with E-state index in [9.17, 15) is 4.79 Å². The van der Waals surface area contributed by atoms with Gasteiger partial charge in [-0.15, -0.1) is 0 Å². The molecule has 25 heavy (non-hydrogen) atoms. The Morgan fingerprint density at radius 3 is 2.36 bits per heavy atom. The minimum absolute atomic E-state index is 0.00861. The van der Waals surface area contributed by atoms with Crippen LogP contribution in [0.25, 0.3) is 0 Å². The summed E-state index contributed by atoms with van der Waals surface area (Å²) in [5, 5.41) is 0.